The van der Waals surface area contributed by atoms with Crippen LogP contribution in [0.5, 0.6) is 17.2 Å². The Bertz CT molecular complexity index is 965. The van der Waals surface area contributed by atoms with Crippen LogP contribution >= 0.6 is 0 Å². The average Bonchev–Trinajstić information content (AvgIpc) is 3.01. The highest BCUT2D eigenvalue weighted by atomic mass is 16.5. The van der Waals surface area contributed by atoms with Crippen LogP contribution < -0.4 is 14.8 Å². The summed E-state index contributed by atoms with van der Waals surface area (Å²) in [5, 5.41) is 2.83. The second kappa shape index (κ2) is 8.01. The van der Waals surface area contributed by atoms with Gasteiger partial charge >= 0.3 is 0 Å². The molecule has 0 spiro atoms. The van der Waals surface area contributed by atoms with E-state index in [9.17, 15) is 9.59 Å². The van der Waals surface area contributed by atoms with E-state index in [0.29, 0.717) is 41.5 Å². The summed E-state index contributed by atoms with van der Waals surface area (Å²) in [4.78, 5) is 29.2. The molecule has 1 N–H and O–H groups in total. The lowest BCUT2D eigenvalue weighted by Crippen LogP contribution is -2.38. The van der Waals surface area contributed by atoms with Crippen molar-refractivity contribution in [2.75, 3.05) is 19.5 Å². The van der Waals surface area contributed by atoms with E-state index in [1.165, 1.54) is 12.0 Å². The molecule has 28 heavy (non-hydrogen) atoms. The molecule has 144 valence electrons. The number of carbonyl (C=O) groups excluding carboxylic acids is 2. The minimum Gasteiger partial charge on any atom is -0.495 e. The molecule has 3 rings (SSSR count). The van der Waals surface area contributed by atoms with Gasteiger partial charge in [0.25, 0.3) is 0 Å². The van der Waals surface area contributed by atoms with Gasteiger partial charge in [0.1, 0.15) is 23.3 Å². The van der Waals surface area contributed by atoms with Crippen LogP contribution in [-0.2, 0) is 9.59 Å². The first-order valence-corrected chi connectivity index (χ1v) is 8.83. The molecule has 7 nitrogen and oxygen atoms in total. The fourth-order valence-electron chi connectivity index (χ4n) is 3.13. The molecule has 1 heterocycles. The molecule has 1 atom stereocenters. The lowest BCUT2D eigenvalue weighted by atomic mass is 10.2. The molecule has 1 unspecified atom stereocenters. The highest BCUT2D eigenvalue weighted by Crippen LogP contribution is 2.33. The summed E-state index contributed by atoms with van der Waals surface area (Å²) in [7, 11) is 3.15. The number of ether oxygens (including phenoxy) is 2. The maximum atomic E-state index is 12.6. The summed E-state index contributed by atoms with van der Waals surface area (Å²) >= 11 is 0. The number of likely N-dealkylation sites (N-methyl/N-ethyl adjacent to an activating group) is 1. The van der Waals surface area contributed by atoms with E-state index in [1.54, 1.807) is 43.4 Å². The van der Waals surface area contributed by atoms with Crippen LogP contribution in [0.4, 0.5) is 11.4 Å². The Hall–Kier alpha value is -3.53. The third-order valence-electron chi connectivity index (χ3n) is 4.75. The lowest BCUT2D eigenvalue weighted by Gasteiger charge is -2.20. The predicted molar refractivity (Wildman–Crippen MR) is 105 cm³/mol. The number of nitrogens with zero attached hydrogens (tertiary/aromatic N) is 2. The Labute approximate surface area is 163 Å². The van der Waals surface area contributed by atoms with E-state index in [4.69, 9.17) is 16.0 Å². The van der Waals surface area contributed by atoms with Gasteiger partial charge in [-0.2, -0.15) is 0 Å². The fraction of sp³-hybridized carbons (Fsp3) is 0.286. The molecular formula is C21H21N3O4. The number of anilines is 1. The van der Waals surface area contributed by atoms with Crippen molar-refractivity contribution in [3.63, 3.8) is 0 Å². The summed E-state index contributed by atoms with van der Waals surface area (Å²) in [6.45, 7) is 8.96. The van der Waals surface area contributed by atoms with Crippen molar-refractivity contribution in [3.8, 4) is 17.2 Å². The van der Waals surface area contributed by atoms with Gasteiger partial charge in [-0.1, -0.05) is 6.07 Å². The summed E-state index contributed by atoms with van der Waals surface area (Å²) in [6, 6.07) is 9.83. The number of likely N-dealkylation sites (tertiary alicyclic amines) is 1. The molecule has 0 aromatic heterocycles. The van der Waals surface area contributed by atoms with Gasteiger partial charge < -0.3 is 19.7 Å². The number of aryl methyl sites for hydroxylation is 1. The van der Waals surface area contributed by atoms with Crippen LogP contribution in [0.3, 0.4) is 0 Å². The molecule has 0 aliphatic carbocycles. The zero-order valence-electron chi connectivity index (χ0n) is 16.0. The van der Waals surface area contributed by atoms with Gasteiger partial charge in [-0.3, -0.25) is 9.59 Å². The third kappa shape index (κ3) is 3.91. The molecule has 0 saturated carbocycles. The Kier molecular flexibility index (Phi) is 5.50. The maximum Gasteiger partial charge on any atom is 0.247 e. The number of amides is 2. The zero-order valence-corrected chi connectivity index (χ0v) is 16.0. The smallest absolute Gasteiger partial charge is 0.247 e. The Balaban J connectivity index is 1.80. The van der Waals surface area contributed by atoms with Crippen molar-refractivity contribution >= 4 is 23.2 Å². The van der Waals surface area contributed by atoms with Crippen molar-refractivity contribution < 1.29 is 19.1 Å². The second-order valence-electron chi connectivity index (χ2n) is 6.57. The van der Waals surface area contributed by atoms with Gasteiger partial charge in [-0.15, -0.1) is 0 Å². The van der Waals surface area contributed by atoms with E-state index in [-0.39, 0.29) is 11.8 Å². The van der Waals surface area contributed by atoms with E-state index >= 15 is 0 Å². The van der Waals surface area contributed by atoms with Gasteiger partial charge in [0.05, 0.1) is 19.4 Å². The number of nitrogens with one attached hydrogen (secondary N) is 1. The van der Waals surface area contributed by atoms with Gasteiger partial charge in [-0.25, -0.2) is 4.85 Å². The first-order valence-electron chi connectivity index (χ1n) is 8.83. The zero-order chi connectivity index (χ0) is 20.3. The average molecular weight is 379 g/mol. The molecule has 1 saturated heterocycles. The quantitative estimate of drug-likeness (QED) is 0.800. The van der Waals surface area contributed by atoms with Gasteiger partial charge in [0.15, 0.2) is 5.69 Å². The third-order valence-corrected chi connectivity index (χ3v) is 4.75. The molecular weight excluding hydrogens is 358 g/mol. The van der Waals surface area contributed by atoms with Crippen molar-refractivity contribution in [1.82, 2.24) is 4.90 Å². The van der Waals surface area contributed by atoms with Crippen LogP contribution in [0.15, 0.2) is 36.4 Å². The molecule has 2 aromatic rings. The van der Waals surface area contributed by atoms with Gasteiger partial charge in [-0.05, 0) is 43.2 Å². The molecule has 7 heteroatoms. The highest BCUT2D eigenvalue weighted by Gasteiger charge is 2.33. The number of methoxy groups -OCH3 is 1. The number of hydrogen-bond donors (Lipinski definition) is 1. The summed E-state index contributed by atoms with van der Waals surface area (Å²) < 4.78 is 11.2. The topological polar surface area (TPSA) is 72.2 Å². The second-order valence-corrected chi connectivity index (χ2v) is 6.57. The molecule has 1 fully saturated rings. The van der Waals surface area contributed by atoms with E-state index in [2.05, 4.69) is 10.2 Å². The Morgan fingerprint density at radius 3 is 2.57 bits per heavy atom. The Morgan fingerprint density at radius 2 is 1.96 bits per heavy atom. The van der Waals surface area contributed by atoms with E-state index in [0.717, 1.165) is 5.56 Å². The number of carbonyl (C=O) groups is 2. The van der Waals surface area contributed by atoms with Gasteiger partial charge in [0, 0.05) is 19.5 Å². The largest absolute Gasteiger partial charge is 0.495 e. The Morgan fingerprint density at radius 1 is 1.25 bits per heavy atom. The van der Waals surface area contributed by atoms with Crippen LogP contribution in [-0.4, -0.2) is 36.9 Å². The molecule has 1 aliphatic heterocycles. The highest BCUT2D eigenvalue weighted by molar-refractivity contribution is 6.00. The normalized spacial score (nSPS) is 15.9. The molecule has 2 amide bonds. The van der Waals surface area contributed by atoms with Crippen molar-refractivity contribution in [1.29, 1.82) is 0 Å². The van der Waals surface area contributed by atoms with Crippen LogP contribution in [0.25, 0.3) is 4.85 Å². The van der Waals surface area contributed by atoms with Gasteiger partial charge in [0.2, 0.25) is 11.8 Å². The standard InChI is InChI=1S/C21H21N3O4/c1-13-11-14(5-7-16(13)22-2)28-15-6-9-19(27-4)17(12-15)23-21(26)18-8-10-20(25)24(18)3/h5-7,9,11-12,18H,8,10H2,1,3-4H3,(H,23,26). The predicted octanol–water partition coefficient (Wildman–Crippen LogP) is 3.91. The number of hydrogen-bond acceptors (Lipinski definition) is 4. The van der Waals surface area contributed by atoms with Crippen molar-refractivity contribution in [3.05, 3.63) is 53.4 Å². The maximum absolute atomic E-state index is 12.6. The van der Waals surface area contributed by atoms with Crippen LogP contribution in [0.1, 0.15) is 18.4 Å². The van der Waals surface area contributed by atoms with E-state index in [1.807, 2.05) is 6.92 Å². The summed E-state index contributed by atoms with van der Waals surface area (Å²) in [5.74, 6) is 1.30. The molecule has 0 radical (unpaired) electrons. The monoisotopic (exact) mass is 379 g/mol. The van der Waals surface area contributed by atoms with Crippen molar-refractivity contribution in [2.24, 2.45) is 0 Å². The van der Waals surface area contributed by atoms with Crippen LogP contribution in [0, 0.1) is 13.5 Å². The number of rotatable bonds is 5. The molecule has 0 bridgehead atoms. The van der Waals surface area contributed by atoms with Crippen molar-refractivity contribution in [2.45, 2.75) is 25.8 Å². The minimum absolute atomic E-state index is 0.0394. The molecule has 1 aliphatic rings. The fourth-order valence-corrected chi connectivity index (χ4v) is 3.13. The summed E-state index contributed by atoms with van der Waals surface area (Å²) in [5.41, 5.74) is 1.86. The first-order chi connectivity index (χ1) is 13.4. The summed E-state index contributed by atoms with van der Waals surface area (Å²) in [6.07, 6.45) is 0.862. The first kappa shape index (κ1) is 19.2. The SMILES string of the molecule is [C-]#[N+]c1ccc(Oc2ccc(OC)c(NC(=O)C3CCC(=O)N3C)c2)cc1C. The number of benzene rings is 2. The van der Waals surface area contributed by atoms with Crippen LogP contribution in [0.2, 0.25) is 0 Å². The van der Waals surface area contributed by atoms with E-state index < -0.39 is 6.04 Å². The molecule has 2 aromatic carbocycles. The lowest BCUT2D eigenvalue weighted by molar-refractivity contribution is -0.131. The minimum atomic E-state index is -0.495.